The fraction of sp³-hybridized carbons (Fsp3) is 0.333. The van der Waals surface area contributed by atoms with E-state index in [4.69, 9.17) is 9.47 Å². The second-order valence-electron chi connectivity index (χ2n) is 16.6. The van der Waals surface area contributed by atoms with E-state index < -0.39 is 45.7 Å². The van der Waals surface area contributed by atoms with Crippen molar-refractivity contribution < 1.29 is 57.3 Å². The Balaban J connectivity index is 0.00000580. The minimum Gasteiger partial charge on any atom is -1.00 e. The van der Waals surface area contributed by atoms with Gasteiger partial charge in [0.2, 0.25) is 0 Å². The summed E-state index contributed by atoms with van der Waals surface area (Å²) in [6.07, 6.45) is 0. The standard InChI is InChI=1S/C45H46F6NO2.BrH/c1-24(25-14-12-11-13-15-25)52(8)22-30-28(20-32(44(2,3)4)42(53-9)38(30)26-16-34(46)40(50)35(47)17-26)29-21-33(45(5,6)7)43(54-10)39(31(29)23-52)27-18-36(48)41(51)37(49)19-27;/h11-21,24H,22-23H2,1-10H3;1H/q+1;/p-1/t24-;/m0./s1. The van der Waals surface area contributed by atoms with Gasteiger partial charge in [0, 0.05) is 38.9 Å². The molecule has 55 heavy (non-hydrogen) atoms. The zero-order chi connectivity index (χ0) is 39.7. The van der Waals surface area contributed by atoms with Crippen molar-refractivity contribution in [1.29, 1.82) is 0 Å². The topological polar surface area (TPSA) is 18.5 Å². The minimum atomic E-state index is -1.58. The van der Waals surface area contributed by atoms with Gasteiger partial charge in [0.25, 0.3) is 0 Å². The Bertz CT molecular complexity index is 2100. The van der Waals surface area contributed by atoms with E-state index in [1.165, 1.54) is 14.2 Å². The molecule has 0 unspecified atom stereocenters. The largest absolute Gasteiger partial charge is 1.00 e. The van der Waals surface area contributed by atoms with Gasteiger partial charge in [-0.05, 0) is 76.4 Å². The SMILES string of the molecule is COc1c(C(C)(C)C)cc2c(c1-c1cc(F)c(F)c(F)c1)C[N+](C)([C@@H](C)c1ccccc1)Cc1c-2cc(C(C)(C)C)c(OC)c1-c1cc(F)c(F)c(F)c1.[Br-]. The molecule has 10 heteroatoms. The summed E-state index contributed by atoms with van der Waals surface area (Å²) in [4.78, 5) is 0. The van der Waals surface area contributed by atoms with Crippen LogP contribution in [-0.4, -0.2) is 25.8 Å². The fourth-order valence-corrected chi connectivity index (χ4v) is 7.91. The smallest absolute Gasteiger partial charge is 0.194 e. The number of nitrogens with zero attached hydrogens (tertiary/aromatic N) is 1. The van der Waals surface area contributed by atoms with Gasteiger partial charge < -0.3 is 30.9 Å². The molecule has 0 radical (unpaired) electrons. The Morgan fingerprint density at radius 3 is 1.24 bits per heavy atom. The van der Waals surface area contributed by atoms with Crippen molar-refractivity contribution in [1.82, 2.24) is 0 Å². The number of fused-ring (bicyclic) bond motifs is 3. The van der Waals surface area contributed by atoms with Gasteiger partial charge in [-0.15, -0.1) is 0 Å². The number of halogens is 7. The summed E-state index contributed by atoms with van der Waals surface area (Å²) in [5.41, 5.74) is 5.08. The Morgan fingerprint density at radius 2 is 0.927 bits per heavy atom. The van der Waals surface area contributed by atoms with E-state index in [1.54, 1.807) is 0 Å². The monoisotopic (exact) mass is 825 g/mol. The first kappa shape index (κ1) is 41.9. The van der Waals surface area contributed by atoms with Gasteiger partial charge in [0.05, 0.1) is 21.3 Å². The number of hydrogen-bond donors (Lipinski definition) is 0. The van der Waals surface area contributed by atoms with Crippen molar-refractivity contribution in [2.24, 2.45) is 0 Å². The highest BCUT2D eigenvalue weighted by molar-refractivity contribution is 5.91. The second-order valence-corrected chi connectivity index (χ2v) is 16.6. The van der Waals surface area contributed by atoms with E-state index in [1.807, 2.05) is 84.0 Å². The number of hydrogen-bond acceptors (Lipinski definition) is 2. The molecule has 1 heterocycles. The number of methoxy groups -OCH3 is 2. The molecule has 3 nitrogen and oxygen atoms in total. The maximum atomic E-state index is 15.2. The normalized spacial score (nSPS) is 14.3. The first-order valence-corrected chi connectivity index (χ1v) is 17.9. The fourth-order valence-electron chi connectivity index (χ4n) is 7.91. The zero-order valence-electron chi connectivity index (χ0n) is 32.8. The first-order valence-electron chi connectivity index (χ1n) is 17.9. The lowest BCUT2D eigenvalue weighted by Crippen LogP contribution is -3.00. The Hall–Kier alpha value is -4.28. The predicted octanol–water partition coefficient (Wildman–Crippen LogP) is 9.36. The van der Waals surface area contributed by atoms with Gasteiger partial charge in [-0.3, -0.25) is 0 Å². The Morgan fingerprint density at radius 1 is 0.582 bits per heavy atom. The molecule has 0 fully saturated rings. The van der Waals surface area contributed by atoms with Crippen molar-refractivity contribution in [3.05, 3.63) is 129 Å². The van der Waals surface area contributed by atoms with Crippen LogP contribution in [0.15, 0.2) is 66.7 Å². The molecule has 1 aliphatic heterocycles. The van der Waals surface area contributed by atoms with E-state index in [9.17, 15) is 8.78 Å². The first-order chi connectivity index (χ1) is 25.2. The van der Waals surface area contributed by atoms with Crippen molar-refractivity contribution in [2.75, 3.05) is 21.3 Å². The lowest BCUT2D eigenvalue weighted by atomic mass is 9.76. The third-order valence-corrected chi connectivity index (χ3v) is 10.9. The molecular weight excluding hydrogens is 780 g/mol. The van der Waals surface area contributed by atoms with Gasteiger partial charge in [-0.2, -0.15) is 0 Å². The molecule has 5 aromatic rings. The van der Waals surface area contributed by atoms with Crippen LogP contribution in [0.25, 0.3) is 33.4 Å². The van der Waals surface area contributed by atoms with Crippen molar-refractivity contribution >= 4 is 0 Å². The van der Waals surface area contributed by atoms with E-state index in [2.05, 4.69) is 14.0 Å². The van der Waals surface area contributed by atoms with E-state index in [-0.39, 0.29) is 51.7 Å². The second kappa shape index (κ2) is 15.0. The third-order valence-electron chi connectivity index (χ3n) is 10.9. The Labute approximate surface area is 330 Å². The quantitative estimate of drug-likeness (QED) is 0.0966. The van der Waals surface area contributed by atoms with Crippen LogP contribution in [0, 0.1) is 34.9 Å². The molecule has 0 amide bonds. The molecular formula is C45H46BrF6NO2. The summed E-state index contributed by atoms with van der Waals surface area (Å²) < 4.78 is 102. The minimum absolute atomic E-state index is 0. The van der Waals surface area contributed by atoms with E-state index in [0.717, 1.165) is 41.0 Å². The van der Waals surface area contributed by atoms with Crippen molar-refractivity contribution in [3.63, 3.8) is 0 Å². The van der Waals surface area contributed by atoms with Gasteiger partial charge in [-0.1, -0.05) is 71.9 Å². The van der Waals surface area contributed by atoms with Crippen LogP contribution in [0.3, 0.4) is 0 Å². The molecule has 6 rings (SSSR count). The molecule has 5 aromatic carbocycles. The molecule has 0 aromatic heterocycles. The van der Waals surface area contributed by atoms with Crippen LogP contribution in [0.4, 0.5) is 26.3 Å². The average molecular weight is 827 g/mol. The van der Waals surface area contributed by atoms with Crippen LogP contribution in [0.2, 0.25) is 0 Å². The number of rotatable bonds is 6. The molecule has 1 atom stereocenters. The lowest BCUT2D eigenvalue weighted by molar-refractivity contribution is -0.962. The lowest BCUT2D eigenvalue weighted by Gasteiger charge is -2.41. The summed E-state index contributed by atoms with van der Waals surface area (Å²) in [5, 5.41) is 0. The number of benzene rings is 5. The van der Waals surface area contributed by atoms with Crippen molar-refractivity contribution in [3.8, 4) is 44.9 Å². The van der Waals surface area contributed by atoms with E-state index in [0.29, 0.717) is 44.9 Å². The molecule has 0 spiro atoms. The number of quaternary nitrogens is 1. The van der Waals surface area contributed by atoms with E-state index >= 15 is 17.6 Å². The summed E-state index contributed by atoms with van der Waals surface area (Å²) in [6.45, 7) is 14.6. The van der Waals surface area contributed by atoms with Gasteiger partial charge in [0.15, 0.2) is 34.9 Å². The van der Waals surface area contributed by atoms with Crippen LogP contribution in [0.5, 0.6) is 11.5 Å². The Kier molecular flexibility index (Phi) is 11.4. The zero-order valence-corrected chi connectivity index (χ0v) is 34.3. The highest BCUT2D eigenvalue weighted by atomic mass is 79.9. The van der Waals surface area contributed by atoms with Gasteiger partial charge in [0.1, 0.15) is 30.6 Å². The summed E-state index contributed by atoms with van der Waals surface area (Å²) in [5.74, 6) is -7.74. The maximum Gasteiger partial charge on any atom is 0.194 e. The molecule has 292 valence electrons. The highest BCUT2D eigenvalue weighted by Gasteiger charge is 2.42. The molecule has 0 N–H and O–H groups in total. The summed E-state index contributed by atoms with van der Waals surface area (Å²) >= 11 is 0. The number of ether oxygens (including phenoxy) is 2. The van der Waals surface area contributed by atoms with Crippen LogP contribution in [0.1, 0.15) is 82.3 Å². The summed E-state index contributed by atoms with van der Waals surface area (Å²) in [7, 11) is 5.05. The maximum absolute atomic E-state index is 15.2. The van der Waals surface area contributed by atoms with Crippen molar-refractivity contribution in [2.45, 2.75) is 78.4 Å². The molecule has 0 saturated carbocycles. The van der Waals surface area contributed by atoms with Crippen LogP contribution >= 0.6 is 0 Å². The molecule has 0 saturated heterocycles. The molecule has 0 bridgehead atoms. The van der Waals surface area contributed by atoms with Crippen LogP contribution in [-0.2, 0) is 23.9 Å². The molecule has 0 aliphatic carbocycles. The predicted molar refractivity (Wildman–Crippen MR) is 201 cm³/mol. The van der Waals surface area contributed by atoms with Crippen LogP contribution < -0.4 is 26.5 Å². The highest BCUT2D eigenvalue weighted by Crippen LogP contribution is 2.54. The van der Waals surface area contributed by atoms with Gasteiger partial charge >= 0.3 is 0 Å². The average Bonchev–Trinajstić information content (AvgIpc) is 3.23. The third kappa shape index (κ3) is 7.40. The molecule has 1 aliphatic rings. The summed E-state index contributed by atoms with van der Waals surface area (Å²) in [6, 6.07) is 17.6. The van der Waals surface area contributed by atoms with Gasteiger partial charge in [-0.25, -0.2) is 26.3 Å².